The van der Waals surface area contributed by atoms with Gasteiger partial charge in [0.2, 0.25) is 0 Å². The molecule has 0 aliphatic rings. The number of tetrazole rings is 2. The molecule has 0 atom stereocenters. The highest BCUT2D eigenvalue weighted by molar-refractivity contribution is 4.39. The molecule has 0 saturated heterocycles. The van der Waals surface area contributed by atoms with Gasteiger partial charge in [0.15, 0.2) is 12.7 Å². The van der Waals surface area contributed by atoms with E-state index in [1.807, 2.05) is 0 Å². The van der Waals surface area contributed by atoms with E-state index in [9.17, 15) is 0 Å². The van der Waals surface area contributed by atoms with E-state index in [1.54, 1.807) is 0 Å². The van der Waals surface area contributed by atoms with Crippen molar-refractivity contribution < 1.29 is 0 Å². The van der Waals surface area contributed by atoms with E-state index in [0.29, 0.717) is 0 Å². The van der Waals surface area contributed by atoms with E-state index >= 15 is 0 Å². The molecule has 10 heavy (non-hydrogen) atoms. The summed E-state index contributed by atoms with van der Waals surface area (Å²) in [7, 11) is 0. The van der Waals surface area contributed by atoms with Gasteiger partial charge < -0.3 is 0 Å². The van der Waals surface area contributed by atoms with Gasteiger partial charge in [-0.2, -0.15) is 0 Å². The molecule has 8 nitrogen and oxygen atoms in total. The zero-order chi connectivity index (χ0) is 6.81. The van der Waals surface area contributed by atoms with Crippen molar-refractivity contribution in [2.45, 2.75) is 0 Å². The van der Waals surface area contributed by atoms with Crippen LogP contribution >= 0.6 is 0 Å². The normalized spacial score (nSPS) is 10.0. The molecule has 0 aliphatic heterocycles. The molecule has 0 spiro atoms. The maximum atomic E-state index is 3.65. The van der Waals surface area contributed by atoms with Gasteiger partial charge >= 0.3 is 0 Å². The van der Waals surface area contributed by atoms with Gasteiger partial charge in [-0.15, -0.1) is 20.4 Å². The van der Waals surface area contributed by atoms with Gasteiger partial charge in [0, 0.05) is 0 Å². The van der Waals surface area contributed by atoms with Gasteiger partial charge in [-0.3, -0.25) is 0 Å². The highest BCUT2D eigenvalue weighted by Gasteiger charge is 1.94. The Morgan fingerprint density at radius 1 is 0.800 bits per heavy atom. The molecule has 0 aliphatic carbocycles. The Morgan fingerprint density at radius 3 is 1.60 bits per heavy atom. The highest BCUT2D eigenvalue weighted by Crippen LogP contribution is 1.70. The van der Waals surface area contributed by atoms with Crippen molar-refractivity contribution in [1.29, 1.82) is 0 Å². The van der Waals surface area contributed by atoms with Gasteiger partial charge in [0.05, 0.1) is 0 Å². The second kappa shape index (κ2) is 1.83. The summed E-state index contributed by atoms with van der Waals surface area (Å²) in [6.45, 7) is 0. The maximum absolute atomic E-state index is 3.65. The number of hydrogen-bond acceptors (Lipinski definition) is 6. The van der Waals surface area contributed by atoms with Gasteiger partial charge in [-0.05, 0) is 20.2 Å². The molecule has 0 N–H and O–H groups in total. The number of aromatic nitrogens is 8. The SMILES string of the molecule is c1nnn(-n2ncnn2)n1. The predicted molar refractivity (Wildman–Crippen MR) is 26.4 cm³/mol. The fourth-order valence-corrected chi connectivity index (χ4v) is 0.487. The fraction of sp³-hybridized carbons (Fsp3) is 0. The molecule has 8 heteroatoms. The Hall–Kier alpha value is -1.86. The molecule has 0 saturated carbocycles. The van der Waals surface area contributed by atoms with Crippen LogP contribution in [0, 0.1) is 0 Å². The Balaban J connectivity index is 2.48. The summed E-state index contributed by atoms with van der Waals surface area (Å²) in [5.74, 6) is 0. The largest absolute Gasteiger partial charge is 0.164 e. The van der Waals surface area contributed by atoms with Crippen molar-refractivity contribution in [3.63, 3.8) is 0 Å². The molecule has 0 unspecified atom stereocenters. The lowest BCUT2D eigenvalue weighted by molar-refractivity contribution is 0.372. The molecule has 0 aromatic carbocycles. The monoisotopic (exact) mass is 138 g/mol. The molecule has 50 valence electrons. The van der Waals surface area contributed by atoms with Crippen molar-refractivity contribution >= 4 is 0 Å². The van der Waals surface area contributed by atoms with Crippen molar-refractivity contribution in [2.75, 3.05) is 0 Å². The lowest BCUT2D eigenvalue weighted by atomic mass is 11.4. The first-order valence-corrected chi connectivity index (χ1v) is 2.43. The van der Waals surface area contributed by atoms with E-state index in [-0.39, 0.29) is 0 Å². The van der Waals surface area contributed by atoms with Crippen LogP contribution in [0.15, 0.2) is 12.7 Å². The zero-order valence-corrected chi connectivity index (χ0v) is 4.73. The van der Waals surface area contributed by atoms with Crippen LogP contribution in [0.1, 0.15) is 0 Å². The Bertz CT molecular complexity index is 247. The van der Waals surface area contributed by atoms with E-state index in [1.165, 1.54) is 12.7 Å². The van der Waals surface area contributed by atoms with Crippen LogP contribution in [0.4, 0.5) is 0 Å². The minimum absolute atomic E-state index is 1.10. The second-order valence-electron chi connectivity index (χ2n) is 1.41. The quantitative estimate of drug-likeness (QED) is 0.451. The lowest BCUT2D eigenvalue weighted by Gasteiger charge is -1.88. The molecule has 0 radical (unpaired) electrons. The first-order chi connectivity index (χ1) is 4.97. The van der Waals surface area contributed by atoms with Gasteiger partial charge in [-0.1, -0.05) is 0 Å². The third kappa shape index (κ3) is 0.623. The maximum Gasteiger partial charge on any atom is 0.164 e. The summed E-state index contributed by atoms with van der Waals surface area (Å²) in [6.07, 6.45) is 2.56. The van der Waals surface area contributed by atoms with Gasteiger partial charge in [0.1, 0.15) is 0 Å². The minimum Gasteiger partial charge on any atom is -0.115 e. The second-order valence-corrected chi connectivity index (χ2v) is 1.41. The van der Waals surface area contributed by atoms with Crippen LogP contribution in [0.25, 0.3) is 0 Å². The molecule has 2 aromatic rings. The van der Waals surface area contributed by atoms with E-state index in [0.717, 1.165) is 9.81 Å². The van der Waals surface area contributed by atoms with Crippen LogP contribution in [-0.2, 0) is 0 Å². The zero-order valence-electron chi connectivity index (χ0n) is 4.73. The van der Waals surface area contributed by atoms with Gasteiger partial charge in [-0.25, -0.2) is 0 Å². The van der Waals surface area contributed by atoms with Crippen LogP contribution in [0.2, 0.25) is 0 Å². The van der Waals surface area contributed by atoms with Crippen molar-refractivity contribution in [3.8, 4) is 0 Å². The van der Waals surface area contributed by atoms with Crippen LogP contribution < -0.4 is 0 Å². The predicted octanol–water partition coefficient (Wildman–Crippen LogP) is -2.03. The average Bonchev–Trinajstić information content (AvgIpc) is 2.59. The minimum atomic E-state index is 1.10. The summed E-state index contributed by atoms with van der Waals surface area (Å²) in [5, 5.41) is 21.2. The third-order valence-electron chi connectivity index (χ3n) is 0.836. The van der Waals surface area contributed by atoms with Crippen molar-refractivity contribution in [3.05, 3.63) is 12.7 Å². The first-order valence-electron chi connectivity index (χ1n) is 2.43. The summed E-state index contributed by atoms with van der Waals surface area (Å²) in [4.78, 5) is 2.21. The van der Waals surface area contributed by atoms with E-state index in [2.05, 4.69) is 30.8 Å². The highest BCUT2D eigenvalue weighted by atomic mass is 15.9. The summed E-state index contributed by atoms with van der Waals surface area (Å²) < 4.78 is 0. The molecule has 2 rings (SSSR count). The van der Waals surface area contributed by atoms with Crippen LogP contribution in [0.5, 0.6) is 0 Å². The molecule has 0 fully saturated rings. The Morgan fingerprint density at radius 2 is 1.30 bits per heavy atom. The molecular weight excluding hydrogens is 136 g/mol. The molecule has 0 amide bonds. The van der Waals surface area contributed by atoms with Crippen LogP contribution in [-0.4, -0.2) is 40.6 Å². The topological polar surface area (TPSA) is 87.2 Å². The van der Waals surface area contributed by atoms with E-state index < -0.39 is 0 Å². The Kier molecular flexibility index (Phi) is 0.907. The molecule has 2 aromatic heterocycles. The number of hydrogen-bond donors (Lipinski definition) is 0. The first kappa shape index (κ1) is 4.97. The molecular formula is C2H2N8. The number of nitrogens with zero attached hydrogens (tertiary/aromatic N) is 8. The van der Waals surface area contributed by atoms with Crippen molar-refractivity contribution in [1.82, 2.24) is 40.6 Å². The standard InChI is InChI=1S/C2H2N8/c1-3-7-9(5-1)10-6-2-4-8-10/h1-2H. The Labute approximate surface area is 54.4 Å². The molecule has 2 heterocycles. The summed E-state index contributed by atoms with van der Waals surface area (Å²) in [6, 6.07) is 0. The van der Waals surface area contributed by atoms with Gasteiger partial charge in [0.25, 0.3) is 0 Å². The fourth-order valence-electron chi connectivity index (χ4n) is 0.487. The van der Waals surface area contributed by atoms with E-state index in [4.69, 9.17) is 0 Å². The summed E-state index contributed by atoms with van der Waals surface area (Å²) in [5.41, 5.74) is 0. The van der Waals surface area contributed by atoms with Crippen LogP contribution in [0.3, 0.4) is 0 Å². The smallest absolute Gasteiger partial charge is 0.115 e. The third-order valence-corrected chi connectivity index (χ3v) is 0.836. The van der Waals surface area contributed by atoms with Crippen molar-refractivity contribution in [2.24, 2.45) is 0 Å². The summed E-state index contributed by atoms with van der Waals surface area (Å²) >= 11 is 0. The average molecular weight is 138 g/mol. The molecule has 0 bridgehead atoms. The number of rotatable bonds is 1. The lowest BCUT2D eigenvalue weighted by Crippen LogP contribution is -2.16.